The SMILES string of the molecule is CC(C)(O)[C@@H]1CC[C@]2(CO)CC[C@]3(C)[C@H](CC[C@@H]4[C@@]5(C)CC[C@H](O)C(C)(C)[C@@H]5[C@@H](O[C@@H]5O[C@H](CO)[C@@H](O)[C@H](O)[C@H]5O)C[C@]43C)[C@@H]12. The average Bonchev–Trinajstić information content (AvgIpc) is 3.37. The van der Waals surface area contributed by atoms with Crippen molar-refractivity contribution in [3.8, 4) is 0 Å². The Morgan fingerprint density at radius 2 is 1.49 bits per heavy atom. The molecule has 0 bridgehead atoms. The van der Waals surface area contributed by atoms with Crippen molar-refractivity contribution in [3.63, 3.8) is 0 Å². The summed E-state index contributed by atoms with van der Waals surface area (Å²) in [6, 6.07) is 0. The zero-order chi connectivity index (χ0) is 33.1. The predicted octanol–water partition coefficient (Wildman–Crippen LogP) is 2.99. The summed E-state index contributed by atoms with van der Waals surface area (Å²) in [4.78, 5) is 0. The molecule has 5 saturated carbocycles. The molecular formula is C36H62O9. The number of aliphatic hydroxyl groups excluding tert-OH is 6. The van der Waals surface area contributed by atoms with Crippen LogP contribution in [0.3, 0.4) is 0 Å². The van der Waals surface area contributed by atoms with Gasteiger partial charge >= 0.3 is 0 Å². The molecule has 5 aliphatic carbocycles. The van der Waals surface area contributed by atoms with Crippen molar-refractivity contribution < 1.29 is 45.2 Å². The Kier molecular flexibility index (Phi) is 8.49. The van der Waals surface area contributed by atoms with E-state index in [2.05, 4.69) is 34.6 Å². The summed E-state index contributed by atoms with van der Waals surface area (Å²) >= 11 is 0. The van der Waals surface area contributed by atoms with Gasteiger partial charge in [0.15, 0.2) is 6.29 Å². The van der Waals surface area contributed by atoms with Crippen molar-refractivity contribution in [2.75, 3.05) is 13.2 Å². The molecule has 7 N–H and O–H groups in total. The number of rotatable bonds is 5. The minimum atomic E-state index is -1.52. The zero-order valence-electron chi connectivity index (χ0n) is 28.7. The number of hydrogen-bond acceptors (Lipinski definition) is 9. The van der Waals surface area contributed by atoms with Gasteiger partial charge in [0, 0.05) is 6.61 Å². The van der Waals surface area contributed by atoms with Crippen molar-refractivity contribution in [1.29, 1.82) is 0 Å². The number of hydrogen-bond donors (Lipinski definition) is 7. The van der Waals surface area contributed by atoms with Crippen molar-refractivity contribution in [3.05, 3.63) is 0 Å². The lowest BCUT2D eigenvalue weighted by molar-refractivity contribution is -0.347. The van der Waals surface area contributed by atoms with Crippen LogP contribution in [0.4, 0.5) is 0 Å². The molecule has 0 spiro atoms. The number of fused-ring (bicyclic) bond motifs is 7. The second-order valence-electron chi connectivity index (χ2n) is 18.4. The van der Waals surface area contributed by atoms with Crippen LogP contribution in [0.5, 0.6) is 0 Å². The highest BCUT2D eigenvalue weighted by molar-refractivity contribution is 5.21. The topological polar surface area (TPSA) is 160 Å². The standard InChI is InChI=1S/C36H62O9/c1-31(2)24(39)11-12-33(5)23-9-8-20-25-19(32(3,4)43)10-13-36(25,18-38)15-14-34(20,6)35(23,7)16-21(29(31)33)44-30-28(42)27(41)26(40)22(17-37)45-30/h19-30,37-43H,8-18H2,1-7H3/t19-,20-,21+,22-,23-,24+,25-,26-,27+,28-,29+,30-,33-,34-,35-,36-/m1/s1. The van der Waals surface area contributed by atoms with Gasteiger partial charge in [0.1, 0.15) is 24.4 Å². The van der Waals surface area contributed by atoms with E-state index in [1.54, 1.807) is 0 Å². The molecule has 6 fully saturated rings. The quantitative estimate of drug-likeness (QED) is 0.225. The highest BCUT2D eigenvalue weighted by Gasteiger charge is 2.73. The van der Waals surface area contributed by atoms with Gasteiger partial charge in [0.05, 0.1) is 24.4 Å². The molecule has 0 aromatic rings. The first-order chi connectivity index (χ1) is 20.8. The summed E-state index contributed by atoms with van der Waals surface area (Å²) < 4.78 is 12.7. The Balaban J connectivity index is 1.43. The molecule has 1 heterocycles. The summed E-state index contributed by atoms with van der Waals surface area (Å²) in [5, 5.41) is 75.8. The van der Waals surface area contributed by atoms with Gasteiger partial charge in [-0.15, -0.1) is 0 Å². The molecule has 1 aliphatic heterocycles. The molecule has 6 rings (SSSR count). The van der Waals surface area contributed by atoms with Crippen LogP contribution in [0, 0.1) is 56.7 Å². The van der Waals surface area contributed by atoms with E-state index in [4.69, 9.17) is 9.47 Å². The van der Waals surface area contributed by atoms with Crippen LogP contribution in [0.2, 0.25) is 0 Å². The smallest absolute Gasteiger partial charge is 0.186 e. The van der Waals surface area contributed by atoms with Crippen LogP contribution in [-0.4, -0.2) is 97.5 Å². The van der Waals surface area contributed by atoms with Crippen LogP contribution in [0.15, 0.2) is 0 Å². The second-order valence-corrected chi connectivity index (χ2v) is 18.4. The summed E-state index contributed by atoms with van der Waals surface area (Å²) in [7, 11) is 0. The van der Waals surface area contributed by atoms with Crippen molar-refractivity contribution in [2.45, 2.75) is 155 Å². The maximum atomic E-state index is 11.4. The maximum absolute atomic E-state index is 11.4. The van der Waals surface area contributed by atoms with E-state index in [1.807, 2.05) is 13.8 Å². The fourth-order valence-corrected chi connectivity index (χ4v) is 13.4. The Morgan fingerprint density at radius 1 is 0.800 bits per heavy atom. The van der Waals surface area contributed by atoms with Crippen LogP contribution < -0.4 is 0 Å². The zero-order valence-corrected chi connectivity index (χ0v) is 28.7. The van der Waals surface area contributed by atoms with Crippen LogP contribution in [0.25, 0.3) is 0 Å². The van der Waals surface area contributed by atoms with Gasteiger partial charge in [-0.2, -0.15) is 0 Å². The largest absolute Gasteiger partial charge is 0.396 e. The van der Waals surface area contributed by atoms with Gasteiger partial charge in [0.2, 0.25) is 0 Å². The first-order valence-electron chi connectivity index (χ1n) is 17.8. The second kappa shape index (κ2) is 11.1. The van der Waals surface area contributed by atoms with Crippen molar-refractivity contribution in [2.24, 2.45) is 56.7 Å². The first-order valence-corrected chi connectivity index (χ1v) is 17.8. The Hall–Kier alpha value is -0.360. The van der Waals surface area contributed by atoms with Gasteiger partial charge in [-0.25, -0.2) is 0 Å². The molecule has 0 aromatic heterocycles. The minimum Gasteiger partial charge on any atom is -0.396 e. The van der Waals surface area contributed by atoms with Crippen molar-refractivity contribution in [1.82, 2.24) is 0 Å². The monoisotopic (exact) mass is 638 g/mol. The van der Waals surface area contributed by atoms with E-state index >= 15 is 0 Å². The third-order valence-electron chi connectivity index (χ3n) is 15.8. The maximum Gasteiger partial charge on any atom is 0.186 e. The molecule has 260 valence electrons. The lowest BCUT2D eigenvalue weighted by Crippen LogP contribution is -2.71. The summed E-state index contributed by atoms with van der Waals surface area (Å²) in [6.07, 6.45) is 0.431. The molecule has 0 amide bonds. The summed E-state index contributed by atoms with van der Waals surface area (Å²) in [6.45, 7) is 15.1. The predicted molar refractivity (Wildman–Crippen MR) is 168 cm³/mol. The molecule has 9 nitrogen and oxygen atoms in total. The van der Waals surface area contributed by atoms with E-state index in [9.17, 15) is 35.7 Å². The van der Waals surface area contributed by atoms with E-state index in [-0.39, 0.29) is 46.0 Å². The summed E-state index contributed by atoms with van der Waals surface area (Å²) in [5.74, 6) is 0.968. The fraction of sp³-hybridized carbons (Fsp3) is 1.00. The number of aliphatic hydroxyl groups is 7. The first kappa shape index (κ1) is 34.5. The number of ether oxygens (including phenoxy) is 2. The third kappa shape index (κ3) is 4.72. The van der Waals surface area contributed by atoms with Crippen LogP contribution >= 0.6 is 0 Å². The molecule has 0 radical (unpaired) electrons. The highest BCUT2D eigenvalue weighted by Crippen LogP contribution is 2.78. The van der Waals surface area contributed by atoms with Gasteiger partial charge < -0.3 is 45.2 Å². The molecule has 0 aromatic carbocycles. The molecule has 1 saturated heterocycles. The Morgan fingerprint density at radius 3 is 2.11 bits per heavy atom. The van der Waals surface area contributed by atoms with E-state index < -0.39 is 60.5 Å². The van der Waals surface area contributed by atoms with E-state index in [0.29, 0.717) is 24.7 Å². The molecule has 45 heavy (non-hydrogen) atoms. The third-order valence-corrected chi connectivity index (χ3v) is 15.8. The van der Waals surface area contributed by atoms with Crippen molar-refractivity contribution >= 4 is 0 Å². The summed E-state index contributed by atoms with van der Waals surface area (Å²) in [5.41, 5.74) is -1.95. The Bertz CT molecular complexity index is 1110. The van der Waals surface area contributed by atoms with Gasteiger partial charge in [-0.05, 0) is 128 Å². The van der Waals surface area contributed by atoms with Gasteiger partial charge in [-0.3, -0.25) is 0 Å². The molecular weight excluding hydrogens is 576 g/mol. The average molecular weight is 639 g/mol. The molecule has 9 heteroatoms. The van der Waals surface area contributed by atoms with E-state index in [0.717, 1.165) is 44.9 Å². The normalized spacial score (nSPS) is 56.1. The minimum absolute atomic E-state index is 0.0601. The fourth-order valence-electron chi connectivity index (χ4n) is 13.4. The highest BCUT2D eigenvalue weighted by atomic mass is 16.7. The van der Waals surface area contributed by atoms with Crippen LogP contribution in [0.1, 0.15) is 106 Å². The molecule has 6 aliphatic rings. The lowest BCUT2D eigenvalue weighted by atomic mass is 9.31. The van der Waals surface area contributed by atoms with E-state index in [1.165, 1.54) is 0 Å². The molecule has 16 atom stereocenters. The van der Waals surface area contributed by atoms with Gasteiger partial charge in [0.25, 0.3) is 0 Å². The van der Waals surface area contributed by atoms with Crippen LogP contribution in [-0.2, 0) is 9.47 Å². The lowest BCUT2D eigenvalue weighted by Gasteiger charge is -2.74. The molecule has 0 unspecified atom stereocenters. The Labute approximate surface area is 269 Å². The van der Waals surface area contributed by atoms with Gasteiger partial charge in [-0.1, -0.05) is 34.6 Å².